The minimum atomic E-state index is -0.882. The summed E-state index contributed by atoms with van der Waals surface area (Å²) in [5, 5.41) is 0.926. The van der Waals surface area contributed by atoms with Crippen LogP contribution in [0.2, 0.25) is 10.0 Å². The van der Waals surface area contributed by atoms with Crippen molar-refractivity contribution < 1.29 is 23.7 Å². The predicted octanol–water partition coefficient (Wildman–Crippen LogP) is 6.23. The molecule has 0 atom stereocenters. The average Bonchev–Trinajstić information content (AvgIpc) is 3.01. The number of hydrogen-bond donors (Lipinski definition) is 1. The molecule has 1 fully saturated rings. The van der Waals surface area contributed by atoms with Crippen LogP contribution < -0.4 is 15.2 Å². The molecule has 5 rings (SSSR count). The normalized spacial score (nSPS) is 13.5. The van der Waals surface area contributed by atoms with Crippen LogP contribution in [0.25, 0.3) is 33.6 Å². The molecule has 9 nitrogen and oxygen atoms in total. The van der Waals surface area contributed by atoms with Crippen molar-refractivity contribution in [1.82, 2.24) is 14.9 Å². The van der Waals surface area contributed by atoms with Crippen molar-refractivity contribution in [1.29, 1.82) is 0 Å². The molecule has 2 N–H and O–H groups in total. The number of halogens is 2. The van der Waals surface area contributed by atoms with Gasteiger partial charge in [0.15, 0.2) is 0 Å². The first kappa shape index (κ1) is 29.6. The second-order valence-corrected chi connectivity index (χ2v) is 10.3. The van der Waals surface area contributed by atoms with Crippen LogP contribution >= 0.6 is 23.2 Å². The van der Waals surface area contributed by atoms with E-state index in [1.165, 1.54) is 7.11 Å². The third-order valence-electron chi connectivity index (χ3n) is 7.01. The first-order valence-corrected chi connectivity index (χ1v) is 14.0. The van der Waals surface area contributed by atoms with Crippen LogP contribution in [0.5, 0.6) is 11.6 Å². The van der Waals surface area contributed by atoms with Gasteiger partial charge in [0, 0.05) is 53.6 Å². The van der Waals surface area contributed by atoms with E-state index >= 15 is 0 Å². The summed E-state index contributed by atoms with van der Waals surface area (Å²) in [7, 11) is 3.15. The zero-order valence-corrected chi connectivity index (χ0v) is 24.7. The van der Waals surface area contributed by atoms with E-state index in [4.69, 9.17) is 47.9 Å². The second-order valence-electron chi connectivity index (χ2n) is 9.58. The van der Waals surface area contributed by atoms with Gasteiger partial charge in [-0.15, -0.1) is 0 Å². The van der Waals surface area contributed by atoms with Crippen LogP contribution in [-0.2, 0) is 22.6 Å². The molecule has 0 saturated carbocycles. The molecule has 3 heterocycles. The van der Waals surface area contributed by atoms with Crippen molar-refractivity contribution in [3.8, 4) is 45.3 Å². The number of methoxy groups -OCH3 is 2. The van der Waals surface area contributed by atoms with Gasteiger partial charge in [0.1, 0.15) is 12.4 Å². The van der Waals surface area contributed by atoms with Crippen molar-refractivity contribution in [3.05, 3.63) is 82.0 Å². The number of nitrogens with zero attached hydrogens (tertiary/aromatic N) is 3. The van der Waals surface area contributed by atoms with E-state index in [9.17, 15) is 4.79 Å². The molecule has 11 heteroatoms. The SMILES string of the molecule is COc1cc(-c2nccc(-c3cccc(-c4ccc(COC(N)=O)c(OC)n4)c3Cl)c2Cl)ccc1CN1CCOCC1. The van der Waals surface area contributed by atoms with E-state index in [0.717, 1.165) is 60.9 Å². The Balaban J connectivity index is 1.47. The molecule has 0 spiro atoms. The van der Waals surface area contributed by atoms with Crippen molar-refractivity contribution in [2.75, 3.05) is 40.5 Å². The highest BCUT2D eigenvalue weighted by Gasteiger charge is 2.19. The van der Waals surface area contributed by atoms with E-state index < -0.39 is 6.09 Å². The summed E-state index contributed by atoms with van der Waals surface area (Å²) in [5.74, 6) is 1.07. The van der Waals surface area contributed by atoms with Crippen molar-refractivity contribution in [3.63, 3.8) is 0 Å². The summed E-state index contributed by atoms with van der Waals surface area (Å²) >= 11 is 14.0. The van der Waals surface area contributed by atoms with E-state index in [-0.39, 0.29) is 6.61 Å². The van der Waals surface area contributed by atoms with E-state index in [1.54, 1.807) is 25.4 Å². The van der Waals surface area contributed by atoms with Crippen molar-refractivity contribution in [2.45, 2.75) is 13.2 Å². The highest BCUT2D eigenvalue weighted by atomic mass is 35.5. The van der Waals surface area contributed by atoms with Crippen molar-refractivity contribution >= 4 is 29.3 Å². The monoisotopic (exact) mass is 608 g/mol. The second kappa shape index (κ2) is 13.4. The molecule has 4 aromatic rings. The Morgan fingerprint density at radius 1 is 0.952 bits per heavy atom. The number of rotatable bonds is 9. The molecule has 0 radical (unpaired) electrons. The minimum absolute atomic E-state index is 0.0616. The highest BCUT2D eigenvalue weighted by Crippen LogP contribution is 2.42. The van der Waals surface area contributed by atoms with Gasteiger partial charge in [0.2, 0.25) is 5.88 Å². The number of morpholine rings is 1. The average molecular weight is 610 g/mol. The molecule has 2 aromatic heterocycles. The van der Waals surface area contributed by atoms with Crippen LogP contribution in [0.3, 0.4) is 0 Å². The number of benzene rings is 2. The Labute approximate surface area is 254 Å². The lowest BCUT2D eigenvalue weighted by molar-refractivity contribution is 0.0339. The molecule has 1 aliphatic heterocycles. The quantitative estimate of drug-likeness (QED) is 0.238. The van der Waals surface area contributed by atoms with E-state index in [1.807, 2.05) is 36.4 Å². The van der Waals surface area contributed by atoms with Gasteiger partial charge in [-0.3, -0.25) is 9.88 Å². The Hall–Kier alpha value is -3.89. The van der Waals surface area contributed by atoms with Gasteiger partial charge in [-0.2, -0.15) is 0 Å². The number of pyridine rings is 2. The lowest BCUT2D eigenvalue weighted by Gasteiger charge is -2.27. The maximum atomic E-state index is 11.0. The molecule has 218 valence electrons. The first-order chi connectivity index (χ1) is 20.4. The van der Waals surface area contributed by atoms with Gasteiger partial charge < -0.3 is 24.7 Å². The Kier molecular flexibility index (Phi) is 9.44. The number of primary amides is 1. The number of hydrogen-bond acceptors (Lipinski definition) is 8. The zero-order chi connectivity index (χ0) is 29.6. The molecule has 42 heavy (non-hydrogen) atoms. The zero-order valence-electron chi connectivity index (χ0n) is 23.2. The highest BCUT2D eigenvalue weighted by molar-refractivity contribution is 6.39. The minimum Gasteiger partial charge on any atom is -0.496 e. The number of ether oxygens (including phenoxy) is 4. The lowest BCUT2D eigenvalue weighted by atomic mass is 9.99. The Morgan fingerprint density at radius 3 is 2.43 bits per heavy atom. The fourth-order valence-corrected chi connectivity index (χ4v) is 5.52. The van der Waals surface area contributed by atoms with Gasteiger partial charge in [-0.1, -0.05) is 53.5 Å². The van der Waals surface area contributed by atoms with Crippen LogP contribution in [0, 0.1) is 0 Å². The molecular weight excluding hydrogens is 579 g/mol. The van der Waals surface area contributed by atoms with Crippen LogP contribution in [-0.4, -0.2) is 61.5 Å². The molecule has 0 aliphatic carbocycles. The molecule has 0 unspecified atom stereocenters. The fourth-order valence-electron chi connectivity index (χ4n) is 4.87. The number of nitrogens with two attached hydrogens (primary N) is 1. The summed E-state index contributed by atoms with van der Waals surface area (Å²) in [6.45, 7) is 3.95. The third-order valence-corrected chi connectivity index (χ3v) is 7.80. The summed E-state index contributed by atoms with van der Waals surface area (Å²) in [6, 6.07) is 17.0. The molecule has 1 amide bonds. The third kappa shape index (κ3) is 6.44. The van der Waals surface area contributed by atoms with E-state index in [0.29, 0.717) is 38.4 Å². The summed E-state index contributed by atoms with van der Waals surface area (Å²) in [6.07, 6.45) is 0.829. The topological polar surface area (TPSA) is 109 Å². The number of carbonyl (C=O) groups is 1. The molecule has 2 aromatic carbocycles. The summed E-state index contributed by atoms with van der Waals surface area (Å²) in [4.78, 5) is 22.6. The molecular formula is C31H30Cl2N4O5. The number of aromatic nitrogens is 2. The predicted molar refractivity (Wildman–Crippen MR) is 162 cm³/mol. The number of carbonyl (C=O) groups excluding carboxylic acids is 1. The van der Waals surface area contributed by atoms with Crippen molar-refractivity contribution in [2.24, 2.45) is 5.73 Å². The summed E-state index contributed by atoms with van der Waals surface area (Å²) < 4.78 is 21.5. The van der Waals surface area contributed by atoms with Gasteiger partial charge in [0.05, 0.1) is 54.4 Å². The molecule has 1 saturated heterocycles. The van der Waals surface area contributed by atoms with E-state index in [2.05, 4.69) is 20.9 Å². The Morgan fingerprint density at radius 2 is 1.69 bits per heavy atom. The van der Waals surface area contributed by atoms with Gasteiger partial charge in [-0.05, 0) is 24.3 Å². The lowest BCUT2D eigenvalue weighted by Crippen LogP contribution is -2.35. The first-order valence-electron chi connectivity index (χ1n) is 13.3. The largest absolute Gasteiger partial charge is 0.496 e. The fraction of sp³-hybridized carbons (Fsp3) is 0.258. The molecule has 1 aliphatic rings. The van der Waals surface area contributed by atoms with Crippen LogP contribution in [0.4, 0.5) is 4.79 Å². The number of amides is 1. The van der Waals surface area contributed by atoms with Gasteiger partial charge in [0.25, 0.3) is 0 Å². The maximum Gasteiger partial charge on any atom is 0.404 e. The maximum absolute atomic E-state index is 11.0. The van der Waals surface area contributed by atoms with Gasteiger partial charge in [-0.25, -0.2) is 9.78 Å². The smallest absolute Gasteiger partial charge is 0.404 e. The van der Waals surface area contributed by atoms with Gasteiger partial charge >= 0.3 is 6.09 Å². The summed E-state index contributed by atoms with van der Waals surface area (Å²) in [5.41, 5.74) is 10.9. The standard InChI is InChI=1S/C31H30Cl2N4O5/c1-39-26-16-19(6-7-20(26)17-37-12-14-41-15-13-37)29-28(33)23(10-11-35-29)22-4-3-5-24(27(22)32)25-9-8-21(18-42-31(34)38)30(36-25)40-2/h3-11,16H,12-15,17-18H2,1-2H3,(H2,34,38). The molecule has 0 bridgehead atoms. The van der Waals surface area contributed by atoms with Crippen LogP contribution in [0.15, 0.2) is 60.8 Å². The Bertz CT molecular complexity index is 1590. The van der Waals surface area contributed by atoms with Crippen LogP contribution in [0.1, 0.15) is 11.1 Å².